The summed E-state index contributed by atoms with van der Waals surface area (Å²) in [6.07, 6.45) is 3.41. The Labute approximate surface area is 78.2 Å². The van der Waals surface area contributed by atoms with Crippen LogP contribution in [0, 0.1) is 6.92 Å². The molecule has 0 fully saturated rings. The minimum Gasteiger partial charge on any atom is -0.481 e. The fraction of sp³-hybridized carbons (Fsp3) is 0.300. The van der Waals surface area contributed by atoms with Gasteiger partial charge in [-0.25, -0.2) is 4.98 Å². The Balaban J connectivity index is 3.04. The number of ether oxygens (including phenoxy) is 1. The number of rotatable bonds is 3. The maximum absolute atomic E-state index is 5.79. The molecule has 1 aromatic heterocycles. The largest absolute Gasteiger partial charge is 0.481 e. The zero-order valence-electron chi connectivity index (χ0n) is 7.95. The summed E-state index contributed by atoms with van der Waals surface area (Å²) in [5.74, 6) is 0.609. The third kappa shape index (κ3) is 2.06. The lowest BCUT2D eigenvalue weighted by molar-refractivity contribution is 0.397. The van der Waals surface area contributed by atoms with Gasteiger partial charge in [0.05, 0.1) is 7.11 Å². The zero-order chi connectivity index (χ0) is 9.84. The van der Waals surface area contributed by atoms with Gasteiger partial charge < -0.3 is 10.5 Å². The first-order chi connectivity index (χ1) is 6.19. The van der Waals surface area contributed by atoms with Gasteiger partial charge >= 0.3 is 0 Å². The van der Waals surface area contributed by atoms with E-state index in [1.54, 1.807) is 19.4 Å². The van der Waals surface area contributed by atoms with E-state index in [9.17, 15) is 0 Å². The predicted molar refractivity (Wildman–Crippen MR) is 52.7 cm³/mol. The standard InChI is InChI=1S/C10H14N2O/c1-4-9(11)8-6-12-10(13-3)5-7(8)2/h4-6,9H,1,11H2,2-3H3/t9-/m0/s1. The smallest absolute Gasteiger partial charge is 0.213 e. The van der Waals surface area contributed by atoms with Gasteiger partial charge in [-0.1, -0.05) is 6.08 Å². The van der Waals surface area contributed by atoms with Crippen LogP contribution in [0.1, 0.15) is 17.2 Å². The van der Waals surface area contributed by atoms with E-state index < -0.39 is 0 Å². The summed E-state index contributed by atoms with van der Waals surface area (Å²) in [5.41, 5.74) is 7.84. The van der Waals surface area contributed by atoms with E-state index >= 15 is 0 Å². The summed E-state index contributed by atoms with van der Waals surface area (Å²) in [5, 5.41) is 0. The molecule has 1 aromatic rings. The summed E-state index contributed by atoms with van der Waals surface area (Å²) in [4.78, 5) is 4.08. The third-order valence-electron chi connectivity index (χ3n) is 1.95. The molecular formula is C10H14N2O. The van der Waals surface area contributed by atoms with Gasteiger partial charge in [0.1, 0.15) is 0 Å². The van der Waals surface area contributed by atoms with Crippen LogP contribution < -0.4 is 10.5 Å². The molecule has 0 saturated heterocycles. The highest BCUT2D eigenvalue weighted by atomic mass is 16.5. The van der Waals surface area contributed by atoms with E-state index in [1.165, 1.54) is 0 Å². The van der Waals surface area contributed by atoms with Crippen LogP contribution >= 0.6 is 0 Å². The number of hydrogen-bond acceptors (Lipinski definition) is 3. The number of aryl methyl sites for hydroxylation is 1. The van der Waals surface area contributed by atoms with Gasteiger partial charge in [0, 0.05) is 18.3 Å². The van der Waals surface area contributed by atoms with E-state index in [0.717, 1.165) is 11.1 Å². The average Bonchev–Trinajstić information content (AvgIpc) is 2.16. The van der Waals surface area contributed by atoms with Crippen LogP contribution in [0.4, 0.5) is 0 Å². The Hall–Kier alpha value is -1.35. The highest BCUT2D eigenvalue weighted by Gasteiger charge is 2.06. The van der Waals surface area contributed by atoms with E-state index in [-0.39, 0.29) is 6.04 Å². The second-order valence-electron chi connectivity index (χ2n) is 2.84. The van der Waals surface area contributed by atoms with E-state index in [0.29, 0.717) is 5.88 Å². The summed E-state index contributed by atoms with van der Waals surface area (Å²) in [6.45, 7) is 5.61. The number of methoxy groups -OCH3 is 1. The molecule has 0 aliphatic carbocycles. The molecule has 0 unspecified atom stereocenters. The molecule has 3 nitrogen and oxygen atoms in total. The molecule has 3 heteroatoms. The molecular weight excluding hydrogens is 164 g/mol. The Morgan fingerprint density at radius 3 is 2.85 bits per heavy atom. The average molecular weight is 178 g/mol. The molecule has 0 bridgehead atoms. The molecule has 1 atom stereocenters. The fourth-order valence-electron chi connectivity index (χ4n) is 1.13. The van der Waals surface area contributed by atoms with Gasteiger partial charge in [-0.15, -0.1) is 6.58 Å². The monoisotopic (exact) mass is 178 g/mol. The van der Waals surface area contributed by atoms with E-state index in [1.807, 2.05) is 13.0 Å². The van der Waals surface area contributed by atoms with Crippen molar-refractivity contribution in [2.75, 3.05) is 7.11 Å². The SMILES string of the molecule is C=C[C@H](N)c1cnc(OC)cc1C. The Bertz CT molecular complexity index is 310. The van der Waals surface area contributed by atoms with Crippen molar-refractivity contribution >= 4 is 0 Å². The van der Waals surface area contributed by atoms with Crippen molar-refractivity contribution in [3.05, 3.63) is 36.0 Å². The van der Waals surface area contributed by atoms with Gasteiger partial charge in [-0.2, -0.15) is 0 Å². The van der Waals surface area contributed by atoms with Crippen LogP contribution in [0.5, 0.6) is 5.88 Å². The van der Waals surface area contributed by atoms with Crippen molar-refractivity contribution in [2.45, 2.75) is 13.0 Å². The van der Waals surface area contributed by atoms with Crippen molar-refractivity contribution < 1.29 is 4.74 Å². The van der Waals surface area contributed by atoms with Crippen LogP contribution in [0.2, 0.25) is 0 Å². The third-order valence-corrected chi connectivity index (χ3v) is 1.95. The minimum atomic E-state index is -0.154. The lowest BCUT2D eigenvalue weighted by Gasteiger charge is -2.10. The van der Waals surface area contributed by atoms with Crippen LogP contribution in [0.15, 0.2) is 24.9 Å². The fourth-order valence-corrected chi connectivity index (χ4v) is 1.13. The quantitative estimate of drug-likeness (QED) is 0.715. The zero-order valence-corrected chi connectivity index (χ0v) is 7.95. The van der Waals surface area contributed by atoms with E-state index in [2.05, 4.69) is 11.6 Å². The molecule has 0 saturated carbocycles. The summed E-state index contributed by atoms with van der Waals surface area (Å²) in [7, 11) is 1.59. The van der Waals surface area contributed by atoms with E-state index in [4.69, 9.17) is 10.5 Å². The van der Waals surface area contributed by atoms with Crippen molar-refractivity contribution in [3.63, 3.8) is 0 Å². The second-order valence-corrected chi connectivity index (χ2v) is 2.84. The molecule has 2 N–H and O–H groups in total. The van der Waals surface area contributed by atoms with Gasteiger partial charge in [-0.3, -0.25) is 0 Å². The highest BCUT2D eigenvalue weighted by molar-refractivity contribution is 5.32. The topological polar surface area (TPSA) is 48.1 Å². The minimum absolute atomic E-state index is 0.154. The van der Waals surface area contributed by atoms with Gasteiger partial charge in [0.25, 0.3) is 0 Å². The van der Waals surface area contributed by atoms with Crippen molar-refractivity contribution in [1.82, 2.24) is 4.98 Å². The molecule has 13 heavy (non-hydrogen) atoms. The molecule has 70 valence electrons. The highest BCUT2D eigenvalue weighted by Crippen LogP contribution is 2.18. The molecule has 0 spiro atoms. The second kappa shape index (κ2) is 4.05. The first-order valence-corrected chi connectivity index (χ1v) is 4.07. The Kier molecular flexibility index (Phi) is 3.03. The molecule has 0 radical (unpaired) electrons. The molecule has 0 aliphatic heterocycles. The summed E-state index contributed by atoms with van der Waals surface area (Å²) >= 11 is 0. The summed E-state index contributed by atoms with van der Waals surface area (Å²) < 4.78 is 4.99. The molecule has 0 aliphatic rings. The normalized spacial score (nSPS) is 12.2. The van der Waals surface area contributed by atoms with Gasteiger partial charge in [-0.05, 0) is 18.1 Å². The van der Waals surface area contributed by atoms with Crippen LogP contribution in [-0.4, -0.2) is 12.1 Å². The first-order valence-electron chi connectivity index (χ1n) is 4.07. The van der Waals surface area contributed by atoms with Crippen molar-refractivity contribution in [1.29, 1.82) is 0 Å². The number of aromatic nitrogens is 1. The predicted octanol–water partition coefficient (Wildman–Crippen LogP) is 1.58. The van der Waals surface area contributed by atoms with Crippen LogP contribution in [0.25, 0.3) is 0 Å². The lowest BCUT2D eigenvalue weighted by Crippen LogP contribution is -2.09. The van der Waals surface area contributed by atoms with Crippen LogP contribution in [-0.2, 0) is 0 Å². The van der Waals surface area contributed by atoms with Crippen molar-refractivity contribution in [3.8, 4) is 5.88 Å². The molecule has 0 aromatic carbocycles. The van der Waals surface area contributed by atoms with Gasteiger partial charge in [0.15, 0.2) is 0 Å². The van der Waals surface area contributed by atoms with Gasteiger partial charge in [0.2, 0.25) is 5.88 Å². The molecule has 1 rings (SSSR count). The number of pyridine rings is 1. The lowest BCUT2D eigenvalue weighted by atomic mass is 10.1. The number of nitrogens with two attached hydrogens (primary N) is 1. The molecule has 1 heterocycles. The number of nitrogens with zero attached hydrogens (tertiary/aromatic N) is 1. The maximum Gasteiger partial charge on any atom is 0.213 e. The summed E-state index contributed by atoms with van der Waals surface area (Å²) in [6, 6.07) is 1.71. The Morgan fingerprint density at radius 1 is 1.69 bits per heavy atom. The molecule has 0 amide bonds. The number of hydrogen-bond donors (Lipinski definition) is 1. The van der Waals surface area contributed by atoms with Crippen molar-refractivity contribution in [2.24, 2.45) is 5.73 Å². The first kappa shape index (κ1) is 9.74. The van der Waals surface area contributed by atoms with Crippen LogP contribution in [0.3, 0.4) is 0 Å². The Morgan fingerprint density at radius 2 is 2.38 bits per heavy atom. The maximum atomic E-state index is 5.79.